The van der Waals surface area contributed by atoms with E-state index in [4.69, 9.17) is 0 Å². The van der Waals surface area contributed by atoms with Gasteiger partial charge in [0.15, 0.2) is 0 Å². The van der Waals surface area contributed by atoms with Crippen molar-refractivity contribution >= 4 is 0 Å². The normalized spacial score (nSPS) is 27.0. The molecule has 0 spiro atoms. The van der Waals surface area contributed by atoms with Crippen LogP contribution in [-0.4, -0.2) is 13.1 Å². The molecule has 3 atom stereocenters. The average Bonchev–Trinajstić information content (AvgIpc) is 2.45. The third-order valence-corrected chi connectivity index (χ3v) is 5.87. The van der Waals surface area contributed by atoms with Crippen LogP contribution in [0.25, 0.3) is 0 Å². The summed E-state index contributed by atoms with van der Waals surface area (Å²) in [7, 11) is 0. The summed E-state index contributed by atoms with van der Waals surface area (Å²) in [6, 6.07) is 0. The largest absolute Gasteiger partial charge is 0.316 e. The van der Waals surface area contributed by atoms with E-state index in [0.717, 1.165) is 35.5 Å². The van der Waals surface area contributed by atoms with Gasteiger partial charge >= 0.3 is 0 Å². The second kappa shape index (κ2) is 9.87. The molecule has 0 amide bonds. The Morgan fingerprint density at radius 3 is 2.14 bits per heavy atom. The van der Waals surface area contributed by atoms with Crippen molar-refractivity contribution in [2.24, 2.45) is 35.5 Å². The van der Waals surface area contributed by atoms with Crippen LogP contribution in [0.3, 0.4) is 0 Å². The zero-order valence-electron chi connectivity index (χ0n) is 15.6. The van der Waals surface area contributed by atoms with Gasteiger partial charge in [-0.1, -0.05) is 54.4 Å². The van der Waals surface area contributed by atoms with Crippen molar-refractivity contribution in [2.45, 2.75) is 80.1 Å². The Balaban J connectivity index is 2.56. The number of rotatable bonds is 9. The molecule has 0 aromatic rings. The number of nitrogens with one attached hydrogen (secondary N) is 1. The van der Waals surface area contributed by atoms with Gasteiger partial charge in [-0.05, 0) is 74.3 Å². The molecule has 0 radical (unpaired) electrons. The van der Waals surface area contributed by atoms with Crippen molar-refractivity contribution in [3.8, 4) is 0 Å². The van der Waals surface area contributed by atoms with Gasteiger partial charge in [-0.25, -0.2) is 0 Å². The first-order valence-corrected chi connectivity index (χ1v) is 9.68. The van der Waals surface area contributed by atoms with Crippen molar-refractivity contribution in [3.05, 3.63) is 0 Å². The molecule has 0 aromatic heterocycles. The van der Waals surface area contributed by atoms with E-state index in [1.165, 1.54) is 51.6 Å². The van der Waals surface area contributed by atoms with Crippen LogP contribution in [0.5, 0.6) is 0 Å². The van der Waals surface area contributed by atoms with Crippen LogP contribution in [0.2, 0.25) is 0 Å². The zero-order chi connectivity index (χ0) is 15.8. The summed E-state index contributed by atoms with van der Waals surface area (Å²) >= 11 is 0. The van der Waals surface area contributed by atoms with E-state index in [1.807, 2.05) is 0 Å². The van der Waals surface area contributed by atoms with Crippen molar-refractivity contribution in [2.75, 3.05) is 13.1 Å². The number of hydrogen-bond acceptors (Lipinski definition) is 1. The molecular formula is C20H41N. The summed E-state index contributed by atoms with van der Waals surface area (Å²) in [6.07, 6.45) is 8.62. The Kier molecular flexibility index (Phi) is 8.94. The predicted octanol–water partition coefficient (Wildman–Crippen LogP) is 5.75. The van der Waals surface area contributed by atoms with E-state index in [-0.39, 0.29) is 0 Å². The molecule has 21 heavy (non-hydrogen) atoms. The summed E-state index contributed by atoms with van der Waals surface area (Å²) in [5.74, 6) is 5.47. The van der Waals surface area contributed by atoms with E-state index >= 15 is 0 Å². The Hall–Kier alpha value is -0.0400. The highest BCUT2D eigenvalue weighted by Gasteiger charge is 2.32. The minimum Gasteiger partial charge on any atom is -0.316 e. The van der Waals surface area contributed by atoms with Gasteiger partial charge in [0.05, 0.1) is 0 Å². The Morgan fingerprint density at radius 1 is 0.952 bits per heavy atom. The minimum absolute atomic E-state index is 0.773. The highest BCUT2D eigenvalue weighted by atomic mass is 14.9. The summed E-state index contributed by atoms with van der Waals surface area (Å²) in [6.45, 7) is 16.7. The smallest absolute Gasteiger partial charge is 0.00178 e. The molecule has 0 saturated heterocycles. The first kappa shape index (κ1) is 19.0. The molecule has 0 aromatic carbocycles. The van der Waals surface area contributed by atoms with E-state index in [0.29, 0.717) is 0 Å². The lowest BCUT2D eigenvalue weighted by atomic mass is 9.67. The standard InChI is InChI=1S/C20H41N/c1-7-17(8-2)11-20-12-18(16(5)6)9-10-19(20)14-21-13-15(3)4/h15-21H,7-14H2,1-6H3. The summed E-state index contributed by atoms with van der Waals surface area (Å²) < 4.78 is 0. The van der Waals surface area contributed by atoms with Crippen molar-refractivity contribution in [1.82, 2.24) is 5.32 Å². The van der Waals surface area contributed by atoms with Gasteiger partial charge < -0.3 is 5.32 Å². The lowest BCUT2D eigenvalue weighted by Crippen LogP contribution is -2.36. The molecule has 126 valence electrons. The van der Waals surface area contributed by atoms with Crippen LogP contribution in [0.1, 0.15) is 80.1 Å². The fraction of sp³-hybridized carbons (Fsp3) is 1.00. The molecule has 1 aliphatic carbocycles. The maximum absolute atomic E-state index is 3.74. The van der Waals surface area contributed by atoms with Gasteiger partial charge in [-0.3, -0.25) is 0 Å². The molecule has 1 fully saturated rings. The first-order valence-electron chi connectivity index (χ1n) is 9.68. The maximum Gasteiger partial charge on any atom is -0.00178 e. The van der Waals surface area contributed by atoms with E-state index in [2.05, 4.69) is 46.9 Å². The van der Waals surface area contributed by atoms with E-state index < -0.39 is 0 Å². The second-order valence-corrected chi connectivity index (χ2v) is 8.31. The molecule has 1 nitrogen and oxygen atoms in total. The van der Waals surface area contributed by atoms with Gasteiger partial charge in [0.2, 0.25) is 0 Å². The highest BCUT2D eigenvalue weighted by molar-refractivity contribution is 4.84. The minimum atomic E-state index is 0.773. The molecule has 0 aliphatic heterocycles. The van der Waals surface area contributed by atoms with Crippen LogP contribution < -0.4 is 5.32 Å². The highest BCUT2D eigenvalue weighted by Crippen LogP contribution is 2.41. The monoisotopic (exact) mass is 295 g/mol. The summed E-state index contributed by atoms with van der Waals surface area (Å²) in [5, 5.41) is 3.74. The van der Waals surface area contributed by atoms with Crippen LogP contribution in [0.15, 0.2) is 0 Å². The molecule has 1 saturated carbocycles. The maximum atomic E-state index is 3.74. The molecular weight excluding hydrogens is 254 g/mol. The van der Waals surface area contributed by atoms with Gasteiger partial charge in [-0.15, -0.1) is 0 Å². The Morgan fingerprint density at radius 2 is 1.62 bits per heavy atom. The second-order valence-electron chi connectivity index (χ2n) is 8.31. The summed E-state index contributed by atoms with van der Waals surface area (Å²) in [4.78, 5) is 0. The van der Waals surface area contributed by atoms with Crippen molar-refractivity contribution in [1.29, 1.82) is 0 Å². The van der Waals surface area contributed by atoms with Crippen LogP contribution in [0.4, 0.5) is 0 Å². The van der Waals surface area contributed by atoms with Gasteiger partial charge in [0.25, 0.3) is 0 Å². The van der Waals surface area contributed by atoms with E-state index in [9.17, 15) is 0 Å². The zero-order valence-corrected chi connectivity index (χ0v) is 15.6. The fourth-order valence-corrected chi connectivity index (χ4v) is 4.13. The first-order chi connectivity index (χ1) is 9.97. The van der Waals surface area contributed by atoms with Crippen molar-refractivity contribution in [3.63, 3.8) is 0 Å². The topological polar surface area (TPSA) is 12.0 Å². The van der Waals surface area contributed by atoms with Gasteiger partial charge in [0.1, 0.15) is 0 Å². The molecule has 1 N–H and O–H groups in total. The van der Waals surface area contributed by atoms with Gasteiger partial charge in [-0.2, -0.15) is 0 Å². The Bertz CT molecular complexity index is 251. The van der Waals surface area contributed by atoms with Gasteiger partial charge in [0, 0.05) is 0 Å². The van der Waals surface area contributed by atoms with Crippen molar-refractivity contribution < 1.29 is 0 Å². The molecule has 1 rings (SSSR count). The number of hydrogen-bond donors (Lipinski definition) is 1. The lowest BCUT2D eigenvalue weighted by Gasteiger charge is -2.39. The lowest BCUT2D eigenvalue weighted by molar-refractivity contribution is 0.120. The van der Waals surface area contributed by atoms with Crippen LogP contribution in [0, 0.1) is 35.5 Å². The Labute approximate surface area is 134 Å². The molecule has 1 heteroatoms. The quantitative estimate of drug-likeness (QED) is 0.571. The third kappa shape index (κ3) is 6.72. The third-order valence-electron chi connectivity index (χ3n) is 5.87. The predicted molar refractivity (Wildman–Crippen MR) is 95.6 cm³/mol. The summed E-state index contributed by atoms with van der Waals surface area (Å²) in [5.41, 5.74) is 0. The van der Waals surface area contributed by atoms with Crippen LogP contribution >= 0.6 is 0 Å². The van der Waals surface area contributed by atoms with Crippen LogP contribution in [-0.2, 0) is 0 Å². The molecule has 0 bridgehead atoms. The molecule has 3 unspecified atom stereocenters. The molecule has 0 heterocycles. The molecule has 1 aliphatic rings. The van der Waals surface area contributed by atoms with E-state index in [1.54, 1.807) is 0 Å². The average molecular weight is 296 g/mol. The SMILES string of the molecule is CCC(CC)CC1CC(C(C)C)CCC1CNCC(C)C. The fourth-order valence-electron chi connectivity index (χ4n) is 4.13.